The molecule has 23 heteroatoms. The number of piperidine rings is 2. The number of nitrogens with one attached hydrogen (secondary N) is 3. The molecular formula is C56H72N10O13. The van der Waals surface area contributed by atoms with Crippen molar-refractivity contribution < 1.29 is 56.7 Å². The standard InChI is InChI=1S/C28H35N5O5.C19H28N4O6.C9H9NO2/c1-7-33-21(14-17-10-12-37-26(17)33)24-30-20-13-18(15-22(36-6)23(20)31(24)5)25(34)32-11-8-9-19(16-32)29-27(35)38-28(2,3)4;1-19(2,3)29-18(25)21-13-7-6-8-22(11-13)17(24)12-9-14(23(26)27)16(20-4)15(10-12)28-5;1-2-10-8(6-11)5-7-3-4-12-9(7)10/h10,12-15,19H,7-9,11,16H2,1-6H3,(H,29,35);9-10,13,20H,6-8,11H2,1-5H3,(H,21,25);3-6H,2H2,1H3/t19-;13-;/m11./s1. The van der Waals surface area contributed by atoms with Crippen LogP contribution in [0.15, 0.2) is 69.9 Å². The normalized spacial score (nSPS) is 15.6. The summed E-state index contributed by atoms with van der Waals surface area (Å²) < 4.78 is 38.4. The highest BCUT2D eigenvalue weighted by molar-refractivity contribution is 6.00. The maximum Gasteiger partial charge on any atom is 0.407 e. The molecule has 2 atom stereocenters. The highest BCUT2D eigenvalue weighted by atomic mass is 16.6. The molecule has 4 amide bonds. The molecule has 2 fully saturated rings. The third-order valence-electron chi connectivity index (χ3n) is 13.3. The number of hydrogen-bond acceptors (Lipinski definition) is 15. The summed E-state index contributed by atoms with van der Waals surface area (Å²) in [5.41, 5.74) is 4.10. The minimum Gasteiger partial charge on any atom is -0.494 e. The second-order valence-corrected chi connectivity index (χ2v) is 21.2. The Bertz CT molecular complexity index is 3350. The van der Waals surface area contributed by atoms with Crippen LogP contribution >= 0.6 is 0 Å². The van der Waals surface area contributed by atoms with E-state index in [9.17, 15) is 34.1 Å². The van der Waals surface area contributed by atoms with Crippen LogP contribution in [0.3, 0.4) is 0 Å². The van der Waals surface area contributed by atoms with Crippen molar-refractivity contribution in [2.24, 2.45) is 7.05 Å². The minimum absolute atomic E-state index is 0.123. The lowest BCUT2D eigenvalue weighted by Gasteiger charge is -2.33. The van der Waals surface area contributed by atoms with Crippen LogP contribution in [0.5, 0.6) is 11.5 Å². The Balaban J connectivity index is 0.000000193. The number of benzene rings is 2. The summed E-state index contributed by atoms with van der Waals surface area (Å²) in [5, 5.41) is 21.8. The topological polar surface area (TPSA) is 262 Å². The van der Waals surface area contributed by atoms with Crippen LogP contribution in [0.1, 0.15) is 112 Å². The van der Waals surface area contributed by atoms with Gasteiger partial charge in [0.1, 0.15) is 28.2 Å². The first kappa shape index (κ1) is 58.2. The van der Waals surface area contributed by atoms with Crippen molar-refractivity contribution in [2.75, 3.05) is 52.8 Å². The number of fused-ring (bicyclic) bond motifs is 3. The summed E-state index contributed by atoms with van der Waals surface area (Å²) in [5.74, 6) is 1.07. The van der Waals surface area contributed by atoms with Crippen LogP contribution in [0.25, 0.3) is 44.8 Å². The van der Waals surface area contributed by atoms with Crippen LogP contribution in [0.4, 0.5) is 21.0 Å². The number of ether oxygens (including phenoxy) is 4. The molecule has 2 aliphatic heterocycles. The van der Waals surface area contributed by atoms with Crippen LogP contribution in [-0.4, -0.2) is 134 Å². The van der Waals surface area contributed by atoms with E-state index in [1.807, 2.05) is 68.1 Å². The average Bonchev–Trinajstić information content (AvgIpc) is 4.25. The SMILES string of the molecule is CCn1c(-c2nc3cc(C(=O)N4CCC[C@@H](NC(=O)OC(C)(C)C)C4)cc(OC)c3n2C)cc2ccoc21.CCn1c(C=O)cc2ccoc21.CNc1c(OC)cc(C(=O)N2CCC[C@@H](NC(=O)OC(C)(C)C)C2)cc1[N+](=O)[O-]. The van der Waals surface area contributed by atoms with Crippen molar-refractivity contribution in [1.29, 1.82) is 0 Å². The number of furan rings is 2. The fourth-order valence-electron chi connectivity index (χ4n) is 9.86. The maximum absolute atomic E-state index is 13.6. The second-order valence-electron chi connectivity index (χ2n) is 21.2. The van der Waals surface area contributed by atoms with Crippen molar-refractivity contribution in [3.05, 3.63) is 88.0 Å². The molecule has 2 saturated heterocycles. The van der Waals surface area contributed by atoms with Crippen LogP contribution < -0.4 is 25.4 Å². The van der Waals surface area contributed by atoms with Gasteiger partial charge in [0.15, 0.2) is 17.8 Å². The first-order chi connectivity index (χ1) is 37.5. The van der Waals surface area contributed by atoms with E-state index in [-0.39, 0.29) is 46.6 Å². The van der Waals surface area contributed by atoms with E-state index in [0.717, 1.165) is 71.5 Å². The summed E-state index contributed by atoms with van der Waals surface area (Å²) in [7, 11) is 6.47. The molecule has 0 bridgehead atoms. The summed E-state index contributed by atoms with van der Waals surface area (Å²) in [6.07, 6.45) is 6.14. The number of alkyl carbamates (subject to hydrolysis) is 2. The number of anilines is 1. The average molecular weight is 1090 g/mol. The van der Waals surface area contributed by atoms with E-state index in [0.29, 0.717) is 61.5 Å². The number of aromatic nitrogens is 4. The number of aryl methyl sites for hydroxylation is 3. The molecule has 2 aliphatic rings. The molecule has 0 saturated carbocycles. The van der Waals surface area contributed by atoms with Gasteiger partial charge in [0.25, 0.3) is 17.5 Å². The number of carbonyl (C=O) groups excluding carboxylic acids is 5. The van der Waals surface area contributed by atoms with Crippen molar-refractivity contribution in [3.8, 4) is 23.0 Å². The predicted octanol–water partition coefficient (Wildman–Crippen LogP) is 9.79. The van der Waals surface area contributed by atoms with Gasteiger partial charge in [-0.2, -0.15) is 0 Å². The molecule has 0 unspecified atom stereocenters. The molecule has 3 N–H and O–H groups in total. The monoisotopic (exact) mass is 1090 g/mol. The maximum atomic E-state index is 13.6. The fraction of sp³-hybridized carbons (Fsp3) is 0.464. The number of carbonyl (C=O) groups is 5. The fourth-order valence-corrected chi connectivity index (χ4v) is 9.86. The van der Waals surface area contributed by atoms with Crippen LogP contribution in [0.2, 0.25) is 0 Å². The van der Waals surface area contributed by atoms with Crippen molar-refractivity contribution in [3.63, 3.8) is 0 Å². The molecule has 5 aromatic heterocycles. The second kappa shape index (κ2) is 24.4. The van der Waals surface area contributed by atoms with Crippen LogP contribution in [0, 0.1) is 10.1 Å². The quantitative estimate of drug-likeness (QED) is 0.0584. The van der Waals surface area contributed by atoms with Gasteiger partial charge in [-0.15, -0.1) is 0 Å². The Hall–Kier alpha value is -8.50. The molecule has 0 aliphatic carbocycles. The van der Waals surface area contributed by atoms with E-state index in [4.69, 9.17) is 32.8 Å². The highest BCUT2D eigenvalue weighted by Gasteiger charge is 2.32. The van der Waals surface area contributed by atoms with Gasteiger partial charge in [0, 0.05) is 87.8 Å². The number of imidazole rings is 1. The van der Waals surface area contributed by atoms with Gasteiger partial charge < -0.3 is 67.2 Å². The Labute approximate surface area is 457 Å². The zero-order valence-corrected chi connectivity index (χ0v) is 47.0. The zero-order valence-electron chi connectivity index (χ0n) is 47.0. The van der Waals surface area contributed by atoms with E-state index < -0.39 is 28.3 Å². The third kappa shape index (κ3) is 13.4. The van der Waals surface area contributed by atoms with Crippen molar-refractivity contribution in [2.45, 2.75) is 117 Å². The first-order valence-corrected chi connectivity index (χ1v) is 26.3. The summed E-state index contributed by atoms with van der Waals surface area (Å²) in [6, 6.07) is 13.6. The molecule has 79 heavy (non-hydrogen) atoms. The molecule has 424 valence electrons. The highest BCUT2D eigenvalue weighted by Crippen LogP contribution is 2.37. The van der Waals surface area contributed by atoms with Gasteiger partial charge in [-0.25, -0.2) is 14.6 Å². The molecule has 23 nitrogen and oxygen atoms in total. The van der Waals surface area contributed by atoms with Crippen LogP contribution in [-0.2, 0) is 29.6 Å². The Morgan fingerprint density at radius 1 is 0.759 bits per heavy atom. The number of nitro groups is 1. The van der Waals surface area contributed by atoms with Gasteiger partial charge in [0.2, 0.25) is 11.4 Å². The van der Waals surface area contributed by atoms with E-state index in [1.54, 1.807) is 63.3 Å². The Morgan fingerprint density at radius 3 is 1.75 bits per heavy atom. The van der Waals surface area contributed by atoms with Gasteiger partial charge in [-0.05, 0) is 124 Å². The minimum atomic E-state index is -0.612. The summed E-state index contributed by atoms with van der Waals surface area (Å²) >= 11 is 0. The lowest BCUT2D eigenvalue weighted by atomic mass is 10.0. The molecule has 7 heterocycles. The summed E-state index contributed by atoms with van der Waals surface area (Å²) in [6.45, 7) is 18.1. The number of nitrogens with zero attached hydrogens (tertiary/aromatic N) is 7. The Morgan fingerprint density at radius 2 is 1.27 bits per heavy atom. The first-order valence-electron chi connectivity index (χ1n) is 26.3. The largest absolute Gasteiger partial charge is 0.494 e. The molecular weight excluding hydrogens is 1020 g/mol. The Kier molecular flexibility index (Phi) is 18.0. The van der Waals surface area contributed by atoms with Gasteiger partial charge in [0.05, 0.1) is 54.1 Å². The zero-order chi connectivity index (χ0) is 57.5. The predicted molar refractivity (Wildman–Crippen MR) is 297 cm³/mol. The molecule has 7 aromatic rings. The molecule has 0 radical (unpaired) electrons. The van der Waals surface area contributed by atoms with E-state index >= 15 is 0 Å². The smallest absolute Gasteiger partial charge is 0.407 e. The molecule has 0 spiro atoms. The van der Waals surface area contributed by atoms with E-state index in [2.05, 4.69) is 33.5 Å². The van der Waals surface area contributed by atoms with Gasteiger partial charge >= 0.3 is 12.2 Å². The number of nitro benzene ring substituents is 1. The number of aldehydes is 1. The van der Waals surface area contributed by atoms with Gasteiger partial charge in [-0.1, -0.05) is 0 Å². The van der Waals surface area contributed by atoms with E-state index in [1.165, 1.54) is 19.2 Å². The lowest BCUT2D eigenvalue weighted by Crippen LogP contribution is -2.50. The number of methoxy groups -OCH3 is 2. The number of amides is 4. The number of likely N-dealkylation sites (tertiary alicyclic amines) is 2. The van der Waals surface area contributed by atoms with Crippen molar-refractivity contribution in [1.82, 2.24) is 39.1 Å². The van der Waals surface area contributed by atoms with Gasteiger partial charge in [-0.3, -0.25) is 24.5 Å². The molecule has 9 rings (SSSR count). The van der Waals surface area contributed by atoms with Crippen molar-refractivity contribution >= 4 is 74.9 Å². The number of hydrogen-bond donors (Lipinski definition) is 3. The molecule has 2 aromatic carbocycles. The lowest BCUT2D eigenvalue weighted by molar-refractivity contribution is -0.384. The number of rotatable bonds is 12. The summed E-state index contributed by atoms with van der Waals surface area (Å²) in [4.78, 5) is 80.6. The third-order valence-corrected chi connectivity index (χ3v) is 13.3.